The SMILES string of the molecule is [2H]C([2H])([2H])n1cnc2c1c(=O)n(CC)c(=O)n2C.[2H]c1nc2c(c(=O)n(C([2H])([2H])C)c(=O)n2C)n1C.[2H]c1nc2c(c(=O)n(CC)c(=O)n2C([2H])([2H])[2H])n1C. The number of fused-ring (bicyclic) bond motifs is 3. The van der Waals surface area contributed by atoms with E-state index in [0.717, 1.165) is 36.1 Å². The molecule has 0 aliphatic heterocycles. The fourth-order valence-corrected chi connectivity index (χ4v) is 4.50. The van der Waals surface area contributed by atoms with Crippen LogP contribution in [-0.2, 0) is 61.7 Å². The van der Waals surface area contributed by atoms with Gasteiger partial charge >= 0.3 is 17.1 Å². The second-order valence-electron chi connectivity index (χ2n) is 9.44. The Morgan fingerprint density at radius 2 is 1.00 bits per heavy atom. The van der Waals surface area contributed by atoms with Crippen molar-refractivity contribution in [3.8, 4) is 0 Å². The Balaban J connectivity index is 0.000000184. The second-order valence-corrected chi connectivity index (χ2v) is 9.44. The zero-order valence-corrected chi connectivity index (χ0v) is 25.3. The van der Waals surface area contributed by atoms with Crippen LogP contribution in [0.2, 0.25) is 0 Å². The highest BCUT2D eigenvalue weighted by Gasteiger charge is 2.15. The smallest absolute Gasteiger partial charge is 0.328 e. The molecule has 6 rings (SSSR count). The van der Waals surface area contributed by atoms with Crippen LogP contribution in [0.15, 0.2) is 47.7 Å². The molecular weight excluding hydrogens is 588 g/mol. The van der Waals surface area contributed by atoms with Gasteiger partial charge in [0.2, 0.25) is 0 Å². The zero-order valence-electron chi connectivity index (χ0n) is 35.3. The van der Waals surface area contributed by atoms with Crippen LogP contribution in [0.4, 0.5) is 0 Å². The monoisotopic (exact) mass is 634 g/mol. The third kappa shape index (κ3) is 5.17. The molecule has 240 valence electrons. The van der Waals surface area contributed by atoms with Crippen molar-refractivity contribution in [2.75, 3.05) is 0 Å². The van der Waals surface area contributed by atoms with Crippen LogP contribution >= 0.6 is 0 Å². The van der Waals surface area contributed by atoms with Gasteiger partial charge in [-0.2, -0.15) is 0 Å². The van der Waals surface area contributed by atoms with Gasteiger partial charge in [0.1, 0.15) is 2.74 Å². The fraction of sp³-hybridized carbons (Fsp3) is 0.444. The molecule has 45 heavy (non-hydrogen) atoms. The van der Waals surface area contributed by atoms with Crippen molar-refractivity contribution in [3.63, 3.8) is 0 Å². The summed E-state index contributed by atoms with van der Waals surface area (Å²) in [6, 6.07) is 0. The molecule has 6 aromatic rings. The Kier molecular flexibility index (Phi) is 5.75. The maximum absolute atomic E-state index is 12.1. The third-order valence-corrected chi connectivity index (χ3v) is 6.88. The normalized spacial score (nSPS) is 15.3. The highest BCUT2D eigenvalue weighted by atomic mass is 16.2. The van der Waals surface area contributed by atoms with E-state index in [0.29, 0.717) is 9.13 Å². The van der Waals surface area contributed by atoms with E-state index in [2.05, 4.69) is 15.0 Å². The molecule has 0 fully saturated rings. The molecule has 0 saturated heterocycles. The van der Waals surface area contributed by atoms with E-state index in [1.54, 1.807) is 13.8 Å². The summed E-state index contributed by atoms with van der Waals surface area (Å²) in [5, 5.41) is 0. The van der Waals surface area contributed by atoms with Crippen molar-refractivity contribution in [3.05, 3.63) is 81.4 Å². The van der Waals surface area contributed by atoms with Crippen LogP contribution in [0.3, 0.4) is 0 Å². The molecule has 0 saturated carbocycles. The summed E-state index contributed by atoms with van der Waals surface area (Å²) in [5.74, 6) is 0. The molecule has 18 nitrogen and oxygen atoms in total. The van der Waals surface area contributed by atoms with Crippen molar-refractivity contribution in [2.24, 2.45) is 42.1 Å². The van der Waals surface area contributed by atoms with Gasteiger partial charge in [0.05, 0.1) is 18.9 Å². The maximum atomic E-state index is 12.1. The molecule has 0 atom stereocenters. The first-order chi connectivity index (χ1) is 25.1. The molecule has 18 heteroatoms. The van der Waals surface area contributed by atoms with Gasteiger partial charge in [0, 0.05) is 72.7 Å². The summed E-state index contributed by atoms with van der Waals surface area (Å²) in [7, 11) is 5.73. The van der Waals surface area contributed by atoms with Gasteiger partial charge in [0.25, 0.3) is 16.7 Å². The minimum atomic E-state index is -2.76. The van der Waals surface area contributed by atoms with E-state index in [9.17, 15) is 28.8 Å². The summed E-state index contributed by atoms with van der Waals surface area (Å²) >= 11 is 0. The Morgan fingerprint density at radius 3 is 1.44 bits per heavy atom. The standard InChI is InChI=1S/3C9H12N4O2/c3*1-4-13-8(14)6-7(10-5-11(6)2)12(3)9(13)15/h3*5H,4H2,1-3H3/i4D2,5D;3D3,5D;2D3. The summed E-state index contributed by atoms with van der Waals surface area (Å²) < 4.78 is 82.6. The van der Waals surface area contributed by atoms with Crippen LogP contribution in [-0.4, -0.2) is 56.1 Å². The predicted molar refractivity (Wildman–Crippen MR) is 168 cm³/mol. The van der Waals surface area contributed by atoms with Gasteiger partial charge in [-0.15, -0.1) is 0 Å². The lowest BCUT2D eigenvalue weighted by atomic mass is 10.5. The van der Waals surface area contributed by atoms with Gasteiger partial charge in [-0.05, 0) is 20.8 Å². The van der Waals surface area contributed by atoms with Crippen molar-refractivity contribution >= 4 is 33.5 Å². The van der Waals surface area contributed by atoms with Crippen molar-refractivity contribution < 1.29 is 13.7 Å². The van der Waals surface area contributed by atoms with Crippen LogP contribution in [0, 0.1) is 0 Å². The number of aromatic nitrogens is 12. The van der Waals surface area contributed by atoms with Crippen molar-refractivity contribution in [1.29, 1.82) is 0 Å². The Hall–Kier alpha value is -5.55. The quantitative estimate of drug-likeness (QED) is 0.220. The lowest BCUT2D eigenvalue weighted by Gasteiger charge is -2.05. The maximum Gasteiger partial charge on any atom is 0.332 e. The number of nitrogens with zero attached hydrogens (tertiary/aromatic N) is 12. The van der Waals surface area contributed by atoms with E-state index in [1.165, 1.54) is 37.3 Å². The summed E-state index contributed by atoms with van der Waals surface area (Å²) in [5.41, 5.74) is -4.55. The molecule has 0 amide bonds. The minimum Gasteiger partial charge on any atom is -0.328 e. The van der Waals surface area contributed by atoms with Crippen LogP contribution in [0.25, 0.3) is 33.5 Å². The molecule has 0 radical (unpaired) electrons. The van der Waals surface area contributed by atoms with Gasteiger partial charge in [-0.25, -0.2) is 29.3 Å². The molecule has 6 heterocycles. The Morgan fingerprint density at radius 1 is 0.600 bits per heavy atom. The predicted octanol–water partition coefficient (Wildman–Crippen LogP) is -1.64. The molecule has 0 aromatic carbocycles. The van der Waals surface area contributed by atoms with E-state index in [1.807, 2.05) is 0 Å². The zero-order chi connectivity index (χ0) is 42.0. The lowest BCUT2D eigenvalue weighted by molar-refractivity contribution is 0.635. The average molecular weight is 635 g/mol. The molecule has 6 aromatic heterocycles. The number of imidazole rings is 3. The van der Waals surface area contributed by atoms with E-state index in [-0.39, 0.29) is 59.2 Å². The van der Waals surface area contributed by atoms with Gasteiger partial charge in [0.15, 0.2) is 33.5 Å². The number of hydrogen-bond donors (Lipinski definition) is 0. The number of rotatable bonds is 3. The third-order valence-electron chi connectivity index (χ3n) is 6.88. The lowest BCUT2D eigenvalue weighted by Crippen LogP contribution is -2.39. The number of hydrogen-bond acceptors (Lipinski definition) is 9. The molecule has 0 spiro atoms. The Labute approximate surface area is 267 Å². The number of aryl methyl sites for hydroxylation is 6. The molecule has 0 bridgehead atoms. The molecule has 0 N–H and O–H groups in total. The minimum absolute atomic E-state index is 0.0350. The Bertz CT molecular complexity index is 2850. The fourth-order valence-electron chi connectivity index (χ4n) is 4.50. The first-order valence-electron chi connectivity index (χ1n) is 18.2. The molecule has 0 unspecified atom stereocenters. The second kappa shape index (κ2) is 12.2. The molecular formula is C27H36N12O6. The van der Waals surface area contributed by atoms with Crippen LogP contribution < -0.4 is 33.7 Å². The van der Waals surface area contributed by atoms with Gasteiger partial charge < -0.3 is 13.7 Å². The molecule has 0 aliphatic carbocycles. The summed E-state index contributed by atoms with van der Waals surface area (Å²) in [6.07, 6.45) is 0.614. The van der Waals surface area contributed by atoms with E-state index < -0.39 is 54.2 Å². The first kappa shape index (κ1) is 21.2. The van der Waals surface area contributed by atoms with Crippen molar-refractivity contribution in [1.82, 2.24) is 56.1 Å². The highest BCUT2D eigenvalue weighted by molar-refractivity contribution is 5.71. The largest absolute Gasteiger partial charge is 0.332 e. The summed E-state index contributed by atoms with van der Waals surface area (Å²) in [4.78, 5) is 83.5. The van der Waals surface area contributed by atoms with Crippen LogP contribution in [0.1, 0.15) is 34.5 Å². The van der Waals surface area contributed by atoms with Gasteiger partial charge in [-0.1, -0.05) is 0 Å². The highest BCUT2D eigenvalue weighted by Crippen LogP contribution is 2.04. The first-order valence-corrected chi connectivity index (χ1v) is 13.2. The molecule has 0 aliphatic rings. The van der Waals surface area contributed by atoms with E-state index >= 15 is 0 Å². The average Bonchev–Trinajstić information content (AvgIpc) is 3.73. The van der Waals surface area contributed by atoms with Crippen molar-refractivity contribution in [2.45, 2.75) is 40.4 Å². The summed E-state index contributed by atoms with van der Waals surface area (Å²) in [6.45, 7) is -2.83. The van der Waals surface area contributed by atoms with E-state index in [4.69, 9.17) is 13.7 Å². The topological polar surface area (TPSA) is 185 Å². The van der Waals surface area contributed by atoms with Crippen LogP contribution in [0.5, 0.6) is 0 Å². The van der Waals surface area contributed by atoms with Gasteiger partial charge in [-0.3, -0.25) is 41.8 Å².